The summed E-state index contributed by atoms with van der Waals surface area (Å²) in [6, 6.07) is 0. The molecule has 1 aliphatic rings. The van der Waals surface area contributed by atoms with Gasteiger partial charge in [-0.2, -0.15) is 0 Å². The molecule has 0 amide bonds. The molecule has 1 saturated heterocycles. The van der Waals surface area contributed by atoms with Crippen LogP contribution in [0.5, 0.6) is 0 Å². The Morgan fingerprint density at radius 1 is 1.75 bits per heavy atom. The van der Waals surface area contributed by atoms with Gasteiger partial charge in [0.05, 0.1) is 6.61 Å². The van der Waals surface area contributed by atoms with E-state index < -0.39 is 0 Å². The third kappa shape index (κ3) is 1.46. The van der Waals surface area contributed by atoms with Crippen molar-refractivity contribution < 1.29 is 4.74 Å². The second kappa shape index (κ2) is 3.05. The lowest BCUT2D eigenvalue weighted by Crippen LogP contribution is -2.12. The molecule has 47 valence electrons. The lowest BCUT2D eigenvalue weighted by Gasteiger charge is -2.03. The summed E-state index contributed by atoms with van der Waals surface area (Å²) in [4.78, 5) is 0. The van der Waals surface area contributed by atoms with Crippen molar-refractivity contribution in [3.05, 3.63) is 6.23 Å². The number of nitrogens with one attached hydrogen (secondary N) is 1. The van der Waals surface area contributed by atoms with E-state index in [2.05, 4.69) is 12.2 Å². The van der Waals surface area contributed by atoms with Crippen LogP contribution in [0.2, 0.25) is 0 Å². The summed E-state index contributed by atoms with van der Waals surface area (Å²) in [5, 5.41) is 3.15. The molecule has 1 radical (unpaired) electrons. The first-order chi connectivity index (χ1) is 3.93. The van der Waals surface area contributed by atoms with E-state index in [1.807, 2.05) is 0 Å². The maximum absolute atomic E-state index is 5.20. The van der Waals surface area contributed by atoms with Gasteiger partial charge in [0.1, 0.15) is 0 Å². The highest BCUT2D eigenvalue weighted by Crippen LogP contribution is 2.09. The molecule has 0 aromatic heterocycles. The maximum atomic E-state index is 5.20. The average Bonchev–Trinajstić information content (AvgIpc) is 2.19. The Morgan fingerprint density at radius 3 is 3.12 bits per heavy atom. The van der Waals surface area contributed by atoms with Gasteiger partial charge in [0.2, 0.25) is 0 Å². The van der Waals surface area contributed by atoms with E-state index in [-0.39, 0.29) is 0 Å². The van der Waals surface area contributed by atoms with Gasteiger partial charge in [-0.15, -0.1) is 0 Å². The summed E-state index contributed by atoms with van der Waals surface area (Å²) in [5.41, 5.74) is 0. The average molecular weight is 114 g/mol. The quantitative estimate of drug-likeness (QED) is 0.575. The molecule has 0 spiro atoms. The molecule has 1 heterocycles. The van der Waals surface area contributed by atoms with Crippen molar-refractivity contribution in [1.82, 2.24) is 5.32 Å². The van der Waals surface area contributed by atoms with Crippen LogP contribution in [-0.4, -0.2) is 13.2 Å². The first-order valence-corrected chi connectivity index (χ1v) is 3.16. The summed E-state index contributed by atoms with van der Waals surface area (Å²) >= 11 is 0. The van der Waals surface area contributed by atoms with Gasteiger partial charge < -0.3 is 4.74 Å². The summed E-state index contributed by atoms with van der Waals surface area (Å²) in [6.07, 6.45) is 3.31. The minimum Gasteiger partial charge on any atom is -0.355 e. The summed E-state index contributed by atoms with van der Waals surface area (Å²) in [5.74, 6) is 0. The molecule has 0 bridgehead atoms. The van der Waals surface area contributed by atoms with Gasteiger partial charge in [0.15, 0.2) is 6.23 Å². The van der Waals surface area contributed by atoms with Crippen molar-refractivity contribution >= 4 is 0 Å². The normalized spacial score (nSPS) is 22.1. The standard InChI is InChI=1S/C6H12NO/c1-2-3-6-7-4-5-8-6/h7H,2-5H2,1H3. The smallest absolute Gasteiger partial charge is 0.162 e. The van der Waals surface area contributed by atoms with Crippen LogP contribution in [-0.2, 0) is 4.74 Å². The molecule has 2 nitrogen and oxygen atoms in total. The highest BCUT2D eigenvalue weighted by atomic mass is 16.5. The van der Waals surface area contributed by atoms with Crippen LogP contribution in [0.1, 0.15) is 19.8 Å². The molecule has 0 atom stereocenters. The minimum atomic E-state index is 0.856. The lowest BCUT2D eigenvalue weighted by molar-refractivity contribution is 0.184. The van der Waals surface area contributed by atoms with E-state index >= 15 is 0 Å². The minimum absolute atomic E-state index is 0.856. The van der Waals surface area contributed by atoms with E-state index in [0.29, 0.717) is 0 Å². The fourth-order valence-electron chi connectivity index (χ4n) is 0.803. The Morgan fingerprint density at radius 2 is 2.62 bits per heavy atom. The topological polar surface area (TPSA) is 21.3 Å². The van der Waals surface area contributed by atoms with Crippen LogP contribution in [0.3, 0.4) is 0 Å². The monoisotopic (exact) mass is 114 g/mol. The number of hydrogen-bond donors (Lipinski definition) is 1. The highest BCUT2D eigenvalue weighted by Gasteiger charge is 2.13. The zero-order chi connectivity index (χ0) is 5.82. The van der Waals surface area contributed by atoms with Crippen LogP contribution in [0.15, 0.2) is 0 Å². The first kappa shape index (κ1) is 6.05. The number of hydrogen-bond acceptors (Lipinski definition) is 2. The Balaban J connectivity index is 2.06. The Bertz CT molecular complexity index is 59.5. The van der Waals surface area contributed by atoms with E-state index in [1.165, 1.54) is 6.42 Å². The van der Waals surface area contributed by atoms with Crippen molar-refractivity contribution in [1.29, 1.82) is 0 Å². The van der Waals surface area contributed by atoms with Crippen molar-refractivity contribution in [2.24, 2.45) is 0 Å². The molecule has 1 rings (SSSR count). The predicted octanol–water partition coefficient (Wildman–Crippen LogP) is 0.896. The van der Waals surface area contributed by atoms with Crippen LogP contribution in [0.4, 0.5) is 0 Å². The SMILES string of the molecule is CCC[C]1NCCO1. The highest BCUT2D eigenvalue weighted by molar-refractivity contribution is 4.79. The van der Waals surface area contributed by atoms with Gasteiger partial charge in [0, 0.05) is 6.54 Å². The summed E-state index contributed by atoms with van der Waals surface area (Å²) < 4.78 is 5.20. The molecule has 0 aromatic rings. The van der Waals surface area contributed by atoms with E-state index in [9.17, 15) is 0 Å². The predicted molar refractivity (Wildman–Crippen MR) is 32.1 cm³/mol. The molecule has 0 saturated carbocycles. The molecule has 1 fully saturated rings. The second-order valence-electron chi connectivity index (χ2n) is 1.95. The summed E-state index contributed by atoms with van der Waals surface area (Å²) in [7, 11) is 0. The fourth-order valence-corrected chi connectivity index (χ4v) is 0.803. The Labute approximate surface area is 50.2 Å². The van der Waals surface area contributed by atoms with Gasteiger partial charge in [-0.25, -0.2) is 0 Å². The van der Waals surface area contributed by atoms with Crippen molar-refractivity contribution in [2.45, 2.75) is 19.8 Å². The van der Waals surface area contributed by atoms with Crippen LogP contribution in [0.25, 0.3) is 0 Å². The van der Waals surface area contributed by atoms with Gasteiger partial charge in [-0.3, -0.25) is 5.32 Å². The van der Waals surface area contributed by atoms with E-state index in [1.54, 1.807) is 0 Å². The molecule has 0 aliphatic carbocycles. The van der Waals surface area contributed by atoms with Gasteiger partial charge >= 0.3 is 0 Å². The zero-order valence-electron chi connectivity index (χ0n) is 5.24. The molecule has 2 heteroatoms. The van der Waals surface area contributed by atoms with Crippen molar-refractivity contribution in [3.63, 3.8) is 0 Å². The third-order valence-electron chi connectivity index (χ3n) is 1.18. The molecule has 8 heavy (non-hydrogen) atoms. The number of ether oxygens (including phenoxy) is 1. The molecular formula is C6H12NO. The van der Waals surface area contributed by atoms with Gasteiger partial charge in [-0.1, -0.05) is 13.3 Å². The van der Waals surface area contributed by atoms with Crippen LogP contribution in [0, 0.1) is 6.23 Å². The van der Waals surface area contributed by atoms with Crippen LogP contribution < -0.4 is 5.32 Å². The maximum Gasteiger partial charge on any atom is 0.162 e. The van der Waals surface area contributed by atoms with Gasteiger partial charge in [-0.05, 0) is 6.42 Å². The van der Waals surface area contributed by atoms with Gasteiger partial charge in [0.25, 0.3) is 0 Å². The number of rotatable bonds is 2. The molecule has 0 aromatic carbocycles. The Kier molecular flexibility index (Phi) is 2.30. The Hall–Kier alpha value is -0.0800. The largest absolute Gasteiger partial charge is 0.355 e. The van der Waals surface area contributed by atoms with E-state index in [0.717, 1.165) is 25.8 Å². The van der Waals surface area contributed by atoms with Crippen molar-refractivity contribution in [3.8, 4) is 0 Å². The zero-order valence-corrected chi connectivity index (χ0v) is 5.24. The lowest BCUT2D eigenvalue weighted by atomic mass is 10.3. The second-order valence-corrected chi connectivity index (χ2v) is 1.95. The molecule has 1 aliphatic heterocycles. The van der Waals surface area contributed by atoms with E-state index in [4.69, 9.17) is 4.74 Å². The fraction of sp³-hybridized carbons (Fsp3) is 0.833. The molecule has 0 unspecified atom stereocenters. The van der Waals surface area contributed by atoms with Crippen molar-refractivity contribution in [2.75, 3.05) is 13.2 Å². The molecular weight excluding hydrogens is 102 g/mol. The van der Waals surface area contributed by atoms with Crippen LogP contribution >= 0.6 is 0 Å². The molecule has 1 N–H and O–H groups in total. The third-order valence-corrected chi connectivity index (χ3v) is 1.18. The first-order valence-electron chi connectivity index (χ1n) is 3.16. The summed E-state index contributed by atoms with van der Waals surface area (Å²) in [6.45, 7) is 4.00.